The Kier molecular flexibility index (Phi) is 4.61. The van der Waals surface area contributed by atoms with Crippen molar-refractivity contribution in [3.63, 3.8) is 0 Å². The Balaban J connectivity index is 2.20. The summed E-state index contributed by atoms with van der Waals surface area (Å²) in [7, 11) is 0. The SMILES string of the molecule is CC(C)(C)c1ccc(C(=O)N2C[C@@H](C(F)(F)F)[C@H](C(=O)O)C2)nc1. The largest absolute Gasteiger partial charge is 0.481 e. The number of pyridine rings is 1. The Labute approximate surface area is 137 Å². The predicted octanol–water partition coefficient (Wildman–Crippen LogP) is 2.71. The molecule has 0 bridgehead atoms. The topological polar surface area (TPSA) is 70.5 Å². The molecule has 1 aromatic rings. The zero-order chi connectivity index (χ0) is 18.3. The smallest absolute Gasteiger partial charge is 0.394 e. The van der Waals surface area contributed by atoms with Crippen LogP contribution in [0.3, 0.4) is 0 Å². The van der Waals surface area contributed by atoms with Gasteiger partial charge in [-0.1, -0.05) is 26.8 Å². The molecule has 1 amide bonds. The molecule has 0 saturated carbocycles. The molecular formula is C16H19F3N2O3. The number of nitrogens with zero attached hydrogens (tertiary/aromatic N) is 2. The third kappa shape index (κ3) is 3.68. The molecule has 0 aliphatic carbocycles. The van der Waals surface area contributed by atoms with E-state index in [0.29, 0.717) is 0 Å². The molecule has 1 aromatic heterocycles. The molecule has 1 saturated heterocycles. The van der Waals surface area contributed by atoms with Crippen LogP contribution in [-0.4, -0.2) is 46.1 Å². The standard InChI is InChI=1S/C16H19F3N2O3/c1-15(2,3)9-4-5-12(20-6-9)13(22)21-7-10(14(23)24)11(8-21)16(17,18)19/h4-6,10-11H,7-8H2,1-3H3,(H,23,24)/t10-,11-/m1/s1. The van der Waals surface area contributed by atoms with E-state index in [4.69, 9.17) is 5.11 Å². The number of carboxylic acid groups (broad SMARTS) is 1. The highest BCUT2D eigenvalue weighted by Gasteiger charge is 2.53. The van der Waals surface area contributed by atoms with E-state index in [1.54, 1.807) is 6.07 Å². The van der Waals surface area contributed by atoms with E-state index in [1.807, 2.05) is 20.8 Å². The van der Waals surface area contributed by atoms with Crippen LogP contribution in [0.5, 0.6) is 0 Å². The molecule has 8 heteroatoms. The highest BCUT2D eigenvalue weighted by molar-refractivity contribution is 5.93. The van der Waals surface area contributed by atoms with Crippen LogP contribution in [0, 0.1) is 11.8 Å². The summed E-state index contributed by atoms with van der Waals surface area (Å²) in [5.41, 5.74) is 0.727. The van der Waals surface area contributed by atoms with E-state index in [2.05, 4.69) is 4.98 Å². The monoisotopic (exact) mass is 344 g/mol. The van der Waals surface area contributed by atoms with Crippen molar-refractivity contribution in [2.24, 2.45) is 11.8 Å². The molecule has 0 radical (unpaired) electrons. The van der Waals surface area contributed by atoms with E-state index >= 15 is 0 Å². The quantitative estimate of drug-likeness (QED) is 0.895. The number of halogens is 3. The average molecular weight is 344 g/mol. The number of rotatable bonds is 2. The number of carbonyl (C=O) groups is 2. The minimum atomic E-state index is -4.67. The lowest BCUT2D eigenvalue weighted by Crippen LogP contribution is -2.34. The minimum absolute atomic E-state index is 0.00923. The highest BCUT2D eigenvalue weighted by atomic mass is 19.4. The maximum absolute atomic E-state index is 13.0. The summed E-state index contributed by atoms with van der Waals surface area (Å²) >= 11 is 0. The van der Waals surface area contributed by atoms with E-state index in [-0.39, 0.29) is 11.1 Å². The van der Waals surface area contributed by atoms with Gasteiger partial charge in [-0.05, 0) is 17.0 Å². The summed E-state index contributed by atoms with van der Waals surface area (Å²) < 4.78 is 38.9. The number of aromatic nitrogens is 1. The van der Waals surface area contributed by atoms with Gasteiger partial charge in [-0.15, -0.1) is 0 Å². The summed E-state index contributed by atoms with van der Waals surface area (Å²) in [4.78, 5) is 28.4. The van der Waals surface area contributed by atoms with Crippen LogP contribution in [0.2, 0.25) is 0 Å². The minimum Gasteiger partial charge on any atom is -0.481 e. The number of carboxylic acids is 1. The maximum atomic E-state index is 13.0. The van der Waals surface area contributed by atoms with Gasteiger partial charge < -0.3 is 10.0 Å². The van der Waals surface area contributed by atoms with Crippen molar-refractivity contribution in [2.75, 3.05) is 13.1 Å². The third-order valence-electron chi connectivity index (χ3n) is 4.19. The van der Waals surface area contributed by atoms with Crippen LogP contribution < -0.4 is 0 Å². The summed E-state index contributed by atoms with van der Waals surface area (Å²) in [6.07, 6.45) is -3.15. The van der Waals surface area contributed by atoms with Crippen molar-refractivity contribution in [1.82, 2.24) is 9.88 Å². The Bertz CT molecular complexity index is 635. The molecule has 2 atom stereocenters. The van der Waals surface area contributed by atoms with Gasteiger partial charge in [-0.2, -0.15) is 13.2 Å². The van der Waals surface area contributed by atoms with Crippen molar-refractivity contribution in [1.29, 1.82) is 0 Å². The molecule has 24 heavy (non-hydrogen) atoms. The van der Waals surface area contributed by atoms with Gasteiger partial charge in [0.1, 0.15) is 5.69 Å². The van der Waals surface area contributed by atoms with E-state index < -0.39 is 43.0 Å². The van der Waals surface area contributed by atoms with Crippen molar-refractivity contribution in [2.45, 2.75) is 32.4 Å². The molecule has 0 aromatic carbocycles. The first-order chi connectivity index (χ1) is 10.9. The number of alkyl halides is 3. The lowest BCUT2D eigenvalue weighted by Gasteiger charge is -2.20. The average Bonchev–Trinajstić information content (AvgIpc) is 2.91. The molecule has 132 valence electrons. The second-order valence-electron chi connectivity index (χ2n) is 6.99. The first-order valence-electron chi connectivity index (χ1n) is 7.46. The van der Waals surface area contributed by atoms with Gasteiger partial charge >= 0.3 is 12.1 Å². The first kappa shape index (κ1) is 18.2. The summed E-state index contributed by atoms with van der Waals surface area (Å²) in [6.45, 7) is 4.77. The summed E-state index contributed by atoms with van der Waals surface area (Å²) in [6, 6.07) is 3.16. The van der Waals surface area contributed by atoms with Crippen LogP contribution in [0.1, 0.15) is 36.8 Å². The second-order valence-corrected chi connectivity index (χ2v) is 6.99. The van der Waals surface area contributed by atoms with E-state index in [9.17, 15) is 22.8 Å². The van der Waals surface area contributed by atoms with Crippen molar-refractivity contribution in [3.8, 4) is 0 Å². The van der Waals surface area contributed by atoms with Gasteiger partial charge in [-0.25, -0.2) is 0 Å². The number of amides is 1. The Morgan fingerprint density at radius 2 is 1.83 bits per heavy atom. The predicted molar refractivity (Wildman–Crippen MR) is 79.5 cm³/mol. The van der Waals surface area contributed by atoms with Gasteiger partial charge in [0, 0.05) is 19.3 Å². The molecule has 1 N–H and O–H groups in total. The van der Waals surface area contributed by atoms with Gasteiger partial charge in [0.25, 0.3) is 5.91 Å². The van der Waals surface area contributed by atoms with Crippen LogP contribution in [0.15, 0.2) is 18.3 Å². The summed E-state index contributed by atoms with van der Waals surface area (Å²) in [5, 5.41) is 8.99. The zero-order valence-corrected chi connectivity index (χ0v) is 13.6. The van der Waals surface area contributed by atoms with Gasteiger partial charge in [0.15, 0.2) is 0 Å². The fourth-order valence-electron chi connectivity index (χ4n) is 2.68. The van der Waals surface area contributed by atoms with Crippen molar-refractivity contribution >= 4 is 11.9 Å². The Morgan fingerprint density at radius 3 is 2.21 bits per heavy atom. The van der Waals surface area contributed by atoms with Crippen molar-refractivity contribution < 1.29 is 27.9 Å². The lowest BCUT2D eigenvalue weighted by atomic mass is 9.88. The molecule has 2 heterocycles. The fraction of sp³-hybridized carbons (Fsp3) is 0.562. The number of hydrogen-bond acceptors (Lipinski definition) is 3. The highest BCUT2D eigenvalue weighted by Crippen LogP contribution is 2.38. The molecule has 2 rings (SSSR count). The van der Waals surface area contributed by atoms with Crippen LogP contribution in [-0.2, 0) is 10.2 Å². The van der Waals surface area contributed by atoms with Crippen LogP contribution in [0.4, 0.5) is 13.2 Å². The van der Waals surface area contributed by atoms with E-state index in [1.165, 1.54) is 12.3 Å². The second kappa shape index (κ2) is 6.07. The molecule has 5 nitrogen and oxygen atoms in total. The normalized spacial score (nSPS) is 21.8. The molecular weight excluding hydrogens is 325 g/mol. The Morgan fingerprint density at radius 1 is 1.21 bits per heavy atom. The van der Waals surface area contributed by atoms with E-state index in [0.717, 1.165) is 10.5 Å². The van der Waals surface area contributed by atoms with Gasteiger partial charge in [0.05, 0.1) is 11.8 Å². The third-order valence-corrected chi connectivity index (χ3v) is 4.19. The molecule has 1 aliphatic heterocycles. The number of aliphatic carboxylic acids is 1. The Hall–Kier alpha value is -2.12. The van der Waals surface area contributed by atoms with Crippen LogP contribution >= 0.6 is 0 Å². The molecule has 0 spiro atoms. The van der Waals surface area contributed by atoms with Gasteiger partial charge in [0.2, 0.25) is 0 Å². The van der Waals surface area contributed by atoms with Crippen LogP contribution in [0.25, 0.3) is 0 Å². The maximum Gasteiger partial charge on any atom is 0.394 e. The molecule has 1 aliphatic rings. The summed E-state index contributed by atoms with van der Waals surface area (Å²) in [5.74, 6) is -5.95. The number of likely N-dealkylation sites (tertiary alicyclic amines) is 1. The fourth-order valence-corrected chi connectivity index (χ4v) is 2.68. The van der Waals surface area contributed by atoms with Crippen molar-refractivity contribution in [3.05, 3.63) is 29.6 Å². The number of hydrogen-bond donors (Lipinski definition) is 1. The van der Waals surface area contributed by atoms with Gasteiger partial charge in [-0.3, -0.25) is 14.6 Å². The number of carbonyl (C=O) groups excluding carboxylic acids is 1. The molecule has 0 unspecified atom stereocenters. The molecule has 1 fully saturated rings. The zero-order valence-electron chi connectivity index (χ0n) is 13.6. The lowest BCUT2D eigenvalue weighted by molar-refractivity contribution is -0.187. The first-order valence-corrected chi connectivity index (χ1v) is 7.46.